The first-order chi connectivity index (χ1) is 16.9. The molecule has 7 heteroatoms. The maximum absolute atomic E-state index is 13.0. The van der Waals surface area contributed by atoms with Gasteiger partial charge in [-0.05, 0) is 118 Å². The van der Waals surface area contributed by atoms with Crippen LogP contribution in [0, 0.1) is 13.8 Å². The molecule has 4 rings (SSSR count). The lowest BCUT2D eigenvalue weighted by Gasteiger charge is -2.50. The van der Waals surface area contributed by atoms with E-state index in [2.05, 4.69) is 57.0 Å². The Morgan fingerprint density at radius 3 is 2.53 bits per heavy atom. The summed E-state index contributed by atoms with van der Waals surface area (Å²) in [6.07, 6.45) is 2.80. The summed E-state index contributed by atoms with van der Waals surface area (Å²) in [5.41, 5.74) is 6.25. The number of carbonyl (C=O) groups is 3. The molecule has 0 saturated carbocycles. The third-order valence-corrected chi connectivity index (χ3v) is 7.99. The van der Waals surface area contributed by atoms with E-state index in [0.717, 1.165) is 39.8 Å². The number of aryl methyl sites for hydroxylation is 2. The van der Waals surface area contributed by atoms with Crippen LogP contribution < -0.4 is 10.2 Å². The molecule has 1 fully saturated rings. The van der Waals surface area contributed by atoms with Crippen LogP contribution in [0.5, 0.6) is 0 Å². The van der Waals surface area contributed by atoms with Crippen molar-refractivity contribution < 1.29 is 14.4 Å². The van der Waals surface area contributed by atoms with Crippen molar-refractivity contribution in [2.75, 3.05) is 16.8 Å². The van der Waals surface area contributed by atoms with Crippen molar-refractivity contribution in [3.05, 3.63) is 63.6 Å². The van der Waals surface area contributed by atoms with Gasteiger partial charge >= 0.3 is 0 Å². The van der Waals surface area contributed by atoms with E-state index in [0.29, 0.717) is 22.6 Å². The van der Waals surface area contributed by atoms with Crippen LogP contribution in [0.4, 0.5) is 16.2 Å². The third-order valence-electron chi connectivity index (χ3n) is 7.08. The van der Waals surface area contributed by atoms with Crippen molar-refractivity contribution in [1.29, 1.82) is 0 Å². The fourth-order valence-electron chi connectivity index (χ4n) is 5.49. The third kappa shape index (κ3) is 5.07. The largest absolute Gasteiger partial charge is 0.364 e. The van der Waals surface area contributed by atoms with E-state index >= 15 is 0 Å². The maximum atomic E-state index is 13.0. The molecule has 0 bridgehead atoms. The molecule has 0 aliphatic carbocycles. The highest BCUT2D eigenvalue weighted by atomic mass is 32.2. The molecule has 0 radical (unpaired) electrons. The van der Waals surface area contributed by atoms with Crippen LogP contribution in [0.3, 0.4) is 0 Å². The second-order valence-electron chi connectivity index (χ2n) is 10.8. The van der Waals surface area contributed by atoms with Gasteiger partial charge in [0.15, 0.2) is 0 Å². The van der Waals surface area contributed by atoms with Gasteiger partial charge in [0.05, 0.1) is 4.91 Å². The highest BCUT2D eigenvalue weighted by Gasteiger charge is 2.38. The average molecular weight is 506 g/mol. The fraction of sp³-hybridized carbons (Fsp3) is 0.414. The quantitative estimate of drug-likeness (QED) is 0.471. The molecule has 0 unspecified atom stereocenters. The summed E-state index contributed by atoms with van der Waals surface area (Å²) in [6, 6.07) is 12.2. The summed E-state index contributed by atoms with van der Waals surface area (Å²) < 4.78 is 0. The van der Waals surface area contributed by atoms with Gasteiger partial charge in [0, 0.05) is 23.0 Å². The van der Waals surface area contributed by atoms with Crippen molar-refractivity contribution in [3.63, 3.8) is 0 Å². The predicted molar refractivity (Wildman–Crippen MR) is 148 cm³/mol. The molecule has 3 amide bonds. The van der Waals surface area contributed by atoms with E-state index in [1.807, 2.05) is 38.1 Å². The number of hydrogen-bond donors (Lipinski definition) is 1. The monoisotopic (exact) mass is 505 g/mol. The Bertz CT molecular complexity index is 1260. The van der Waals surface area contributed by atoms with Crippen molar-refractivity contribution >= 4 is 46.3 Å². The highest BCUT2D eigenvalue weighted by molar-refractivity contribution is 8.18. The molecule has 2 aromatic carbocycles. The molecule has 0 spiro atoms. The zero-order valence-electron chi connectivity index (χ0n) is 22.1. The molecule has 0 aromatic heterocycles. The minimum Gasteiger partial charge on any atom is -0.364 e. The van der Waals surface area contributed by atoms with Gasteiger partial charge in [-0.15, -0.1) is 0 Å². The summed E-state index contributed by atoms with van der Waals surface area (Å²) in [5.74, 6) is -0.459. The second kappa shape index (κ2) is 9.77. The van der Waals surface area contributed by atoms with Crippen molar-refractivity contribution in [2.24, 2.45) is 0 Å². The molecule has 2 aliphatic heterocycles. The number of nitrogens with zero attached hydrogens (tertiary/aromatic N) is 2. The van der Waals surface area contributed by atoms with Crippen molar-refractivity contribution in [3.8, 4) is 0 Å². The molecular formula is C29H35N3O3S. The summed E-state index contributed by atoms with van der Waals surface area (Å²) in [6.45, 7) is 14.9. The van der Waals surface area contributed by atoms with Gasteiger partial charge in [-0.25, -0.2) is 0 Å². The van der Waals surface area contributed by atoms with Crippen LogP contribution in [0.1, 0.15) is 69.2 Å². The Balaban J connectivity index is 1.52. The van der Waals surface area contributed by atoms with Crippen molar-refractivity contribution in [2.45, 2.75) is 72.4 Å². The van der Waals surface area contributed by atoms with E-state index in [4.69, 9.17) is 0 Å². The fourth-order valence-corrected chi connectivity index (χ4v) is 6.33. The number of fused-ring (bicyclic) bond motifs is 1. The van der Waals surface area contributed by atoms with Gasteiger partial charge in [0.2, 0.25) is 5.91 Å². The van der Waals surface area contributed by atoms with Crippen LogP contribution in [-0.2, 0) is 9.59 Å². The van der Waals surface area contributed by atoms with Crippen LogP contribution in [0.25, 0.3) is 6.08 Å². The van der Waals surface area contributed by atoms with Gasteiger partial charge in [0.1, 0.15) is 6.54 Å². The molecule has 1 saturated heterocycles. The molecule has 2 aromatic rings. The standard InChI is InChI=1S/C29H35N3O3S/c1-17(2)32-24-11-9-21(13-23(24)20(5)15-29(32,6)7)14-25-27(34)31(28(35)36-25)16-26(33)30-22-10-8-18(3)19(4)12-22/h8-14,17,20H,15-16H2,1-7H3,(H,30,33)/b25-14-/t20-/m1/s1. The van der Waals surface area contributed by atoms with E-state index in [-0.39, 0.29) is 12.1 Å². The topological polar surface area (TPSA) is 69.7 Å². The zero-order valence-corrected chi connectivity index (χ0v) is 23.0. The summed E-state index contributed by atoms with van der Waals surface area (Å²) in [7, 11) is 0. The molecule has 36 heavy (non-hydrogen) atoms. The first kappa shape index (κ1) is 26.0. The molecule has 1 atom stereocenters. The van der Waals surface area contributed by atoms with Crippen LogP contribution in [-0.4, -0.2) is 40.1 Å². The number of rotatable bonds is 5. The van der Waals surface area contributed by atoms with E-state index in [1.165, 1.54) is 11.3 Å². The summed E-state index contributed by atoms with van der Waals surface area (Å²) in [4.78, 5) is 42.0. The van der Waals surface area contributed by atoms with Gasteiger partial charge in [-0.2, -0.15) is 0 Å². The zero-order chi connectivity index (χ0) is 26.4. The van der Waals surface area contributed by atoms with E-state index in [1.54, 1.807) is 6.08 Å². The number of amides is 3. The lowest BCUT2D eigenvalue weighted by molar-refractivity contribution is -0.127. The highest BCUT2D eigenvalue weighted by Crippen LogP contribution is 2.45. The smallest absolute Gasteiger partial charge is 0.294 e. The molecule has 190 valence electrons. The lowest BCUT2D eigenvalue weighted by atomic mass is 9.79. The number of imide groups is 1. The van der Waals surface area contributed by atoms with Crippen molar-refractivity contribution in [1.82, 2.24) is 4.90 Å². The first-order valence-corrected chi connectivity index (χ1v) is 13.2. The Kier molecular flexibility index (Phi) is 7.06. The van der Waals surface area contributed by atoms with Crippen LogP contribution in [0.2, 0.25) is 0 Å². The van der Waals surface area contributed by atoms with Crippen LogP contribution in [0.15, 0.2) is 41.3 Å². The minimum atomic E-state index is -0.434. The van der Waals surface area contributed by atoms with Gasteiger partial charge in [-0.1, -0.05) is 19.1 Å². The van der Waals surface area contributed by atoms with E-state index < -0.39 is 17.1 Å². The molecule has 2 aliphatic rings. The van der Waals surface area contributed by atoms with Gasteiger partial charge < -0.3 is 10.2 Å². The number of nitrogens with one attached hydrogen (secondary N) is 1. The molecule has 6 nitrogen and oxygen atoms in total. The number of anilines is 2. The number of benzene rings is 2. The second-order valence-corrected chi connectivity index (χ2v) is 11.8. The Morgan fingerprint density at radius 1 is 1.14 bits per heavy atom. The van der Waals surface area contributed by atoms with Gasteiger partial charge in [0.25, 0.3) is 11.1 Å². The van der Waals surface area contributed by atoms with Gasteiger partial charge in [-0.3, -0.25) is 19.3 Å². The summed E-state index contributed by atoms with van der Waals surface area (Å²) in [5, 5.41) is 2.35. The number of carbonyl (C=O) groups excluding carboxylic acids is 3. The molecule has 1 N–H and O–H groups in total. The Morgan fingerprint density at radius 2 is 1.86 bits per heavy atom. The summed E-state index contributed by atoms with van der Waals surface area (Å²) >= 11 is 0.881. The average Bonchev–Trinajstić information content (AvgIpc) is 3.03. The lowest BCUT2D eigenvalue weighted by Crippen LogP contribution is -2.51. The number of thioether (sulfide) groups is 1. The Labute approximate surface area is 218 Å². The number of hydrogen-bond acceptors (Lipinski definition) is 5. The predicted octanol–water partition coefficient (Wildman–Crippen LogP) is 6.48. The van der Waals surface area contributed by atoms with Crippen LogP contribution >= 0.6 is 11.8 Å². The molecular weight excluding hydrogens is 470 g/mol. The minimum absolute atomic E-state index is 0.0581. The maximum Gasteiger partial charge on any atom is 0.294 e. The Hall–Kier alpha value is -3.06. The van der Waals surface area contributed by atoms with E-state index in [9.17, 15) is 14.4 Å². The first-order valence-electron chi connectivity index (χ1n) is 12.4. The SMILES string of the molecule is Cc1ccc(NC(=O)CN2C(=O)S/C(=C\c3ccc4c(c3)[C@H](C)CC(C)(C)N4C(C)C)C2=O)cc1C. The normalized spacial score (nSPS) is 20.3. The molecule has 2 heterocycles.